The van der Waals surface area contributed by atoms with Gasteiger partial charge in [-0.15, -0.1) is 0 Å². The van der Waals surface area contributed by atoms with Crippen LogP contribution in [-0.4, -0.2) is 24.2 Å². The molecule has 4 heteroatoms. The van der Waals surface area contributed by atoms with Crippen molar-refractivity contribution >= 4 is 5.91 Å². The number of aryl methyl sites for hydroxylation is 1. The molecule has 2 aromatic carbocycles. The molecule has 25 heavy (non-hydrogen) atoms. The largest absolute Gasteiger partial charge is 0.493 e. The van der Waals surface area contributed by atoms with Gasteiger partial charge in [0.1, 0.15) is 5.75 Å². The molecule has 2 atom stereocenters. The number of nitrogens with one attached hydrogen (secondary N) is 1. The number of aliphatic hydroxyl groups is 1. The fraction of sp³-hybridized carbons (Fsp3) is 0.381. The third-order valence-electron chi connectivity index (χ3n) is 4.82. The minimum absolute atomic E-state index is 0.0414. The summed E-state index contributed by atoms with van der Waals surface area (Å²) in [5.41, 5.74) is 3.27. The molecule has 0 saturated heterocycles. The van der Waals surface area contributed by atoms with Gasteiger partial charge in [0.25, 0.3) is 0 Å². The van der Waals surface area contributed by atoms with Crippen molar-refractivity contribution in [3.63, 3.8) is 0 Å². The van der Waals surface area contributed by atoms with Crippen molar-refractivity contribution in [2.45, 2.75) is 38.1 Å². The van der Waals surface area contributed by atoms with E-state index in [2.05, 4.69) is 12.2 Å². The molecule has 0 bridgehead atoms. The summed E-state index contributed by atoms with van der Waals surface area (Å²) in [5.74, 6) is 0.993. The molecule has 132 valence electrons. The number of ether oxygens (including phenoxy) is 1. The maximum absolute atomic E-state index is 12.5. The molecule has 1 aliphatic rings. The van der Waals surface area contributed by atoms with Gasteiger partial charge < -0.3 is 15.2 Å². The lowest BCUT2D eigenvalue weighted by Gasteiger charge is -2.26. The van der Waals surface area contributed by atoms with E-state index in [1.54, 1.807) is 0 Å². The zero-order chi connectivity index (χ0) is 17.6. The predicted molar refractivity (Wildman–Crippen MR) is 97.7 cm³/mol. The van der Waals surface area contributed by atoms with Crippen molar-refractivity contribution in [2.75, 3.05) is 13.2 Å². The highest BCUT2D eigenvalue weighted by atomic mass is 16.5. The first-order chi connectivity index (χ1) is 12.2. The fourth-order valence-electron chi connectivity index (χ4n) is 3.32. The molecule has 0 spiro atoms. The van der Waals surface area contributed by atoms with Crippen molar-refractivity contribution in [1.29, 1.82) is 0 Å². The van der Waals surface area contributed by atoms with Crippen LogP contribution in [-0.2, 0) is 11.2 Å². The minimum atomic E-state index is -0.367. The summed E-state index contributed by atoms with van der Waals surface area (Å²) < 4.78 is 5.66. The zero-order valence-corrected chi connectivity index (χ0v) is 14.6. The molecule has 2 aromatic rings. The monoisotopic (exact) mass is 339 g/mol. The van der Waals surface area contributed by atoms with E-state index in [1.165, 1.54) is 5.56 Å². The van der Waals surface area contributed by atoms with Gasteiger partial charge in [0, 0.05) is 6.42 Å². The van der Waals surface area contributed by atoms with Crippen LogP contribution in [0.1, 0.15) is 48.4 Å². The SMILES string of the molecule is CCc1ccc(C(CO)NC(=O)CC2CCOc3ccccc32)cc1. The van der Waals surface area contributed by atoms with E-state index in [-0.39, 0.29) is 24.5 Å². The molecule has 3 rings (SSSR count). The topological polar surface area (TPSA) is 58.6 Å². The summed E-state index contributed by atoms with van der Waals surface area (Å²) in [4.78, 5) is 12.5. The minimum Gasteiger partial charge on any atom is -0.493 e. The molecule has 0 radical (unpaired) electrons. The second-order valence-corrected chi connectivity index (χ2v) is 6.47. The Morgan fingerprint density at radius 3 is 2.72 bits per heavy atom. The highest BCUT2D eigenvalue weighted by Gasteiger charge is 2.24. The van der Waals surface area contributed by atoms with E-state index in [9.17, 15) is 9.90 Å². The molecular weight excluding hydrogens is 314 g/mol. The van der Waals surface area contributed by atoms with E-state index in [4.69, 9.17) is 4.74 Å². The average Bonchev–Trinajstić information content (AvgIpc) is 2.66. The number of rotatable bonds is 6. The molecule has 2 unspecified atom stereocenters. The lowest BCUT2D eigenvalue weighted by molar-refractivity contribution is -0.122. The van der Waals surface area contributed by atoms with Gasteiger partial charge in [-0.2, -0.15) is 0 Å². The van der Waals surface area contributed by atoms with Crippen LogP contribution in [0.5, 0.6) is 5.75 Å². The van der Waals surface area contributed by atoms with Gasteiger partial charge in [-0.25, -0.2) is 0 Å². The third kappa shape index (κ3) is 4.20. The highest BCUT2D eigenvalue weighted by molar-refractivity contribution is 5.77. The quantitative estimate of drug-likeness (QED) is 0.848. The Hall–Kier alpha value is -2.33. The summed E-state index contributed by atoms with van der Waals surface area (Å²) in [5, 5.41) is 12.7. The van der Waals surface area contributed by atoms with Gasteiger partial charge in [0.2, 0.25) is 5.91 Å². The van der Waals surface area contributed by atoms with Gasteiger partial charge in [0.15, 0.2) is 0 Å². The second-order valence-electron chi connectivity index (χ2n) is 6.47. The van der Waals surface area contributed by atoms with Crippen LogP contribution in [0.3, 0.4) is 0 Å². The number of amides is 1. The standard InChI is InChI=1S/C21H25NO3/c1-2-15-7-9-16(10-8-15)19(14-23)22-21(24)13-17-11-12-25-20-6-4-3-5-18(17)20/h3-10,17,19,23H,2,11-14H2,1H3,(H,22,24). The molecule has 0 saturated carbocycles. The van der Waals surface area contributed by atoms with E-state index >= 15 is 0 Å². The normalized spacial score (nSPS) is 17.3. The third-order valence-corrected chi connectivity index (χ3v) is 4.82. The van der Waals surface area contributed by atoms with Crippen LogP contribution in [0.25, 0.3) is 0 Å². The molecular formula is C21H25NO3. The first-order valence-corrected chi connectivity index (χ1v) is 8.92. The summed E-state index contributed by atoms with van der Waals surface area (Å²) in [6.07, 6.45) is 2.21. The van der Waals surface area contributed by atoms with Crippen molar-refractivity contribution in [3.05, 3.63) is 65.2 Å². The van der Waals surface area contributed by atoms with E-state index in [0.29, 0.717) is 13.0 Å². The zero-order valence-electron chi connectivity index (χ0n) is 14.6. The Morgan fingerprint density at radius 1 is 1.24 bits per heavy atom. The number of hydrogen-bond acceptors (Lipinski definition) is 3. The first kappa shape index (κ1) is 17.5. The lowest BCUT2D eigenvalue weighted by atomic mass is 9.90. The molecule has 1 amide bonds. The molecule has 0 aliphatic carbocycles. The number of para-hydroxylation sites is 1. The van der Waals surface area contributed by atoms with Crippen molar-refractivity contribution in [2.24, 2.45) is 0 Å². The summed E-state index contributed by atoms with van der Waals surface area (Å²) >= 11 is 0. The maximum atomic E-state index is 12.5. The lowest BCUT2D eigenvalue weighted by Crippen LogP contribution is -2.32. The van der Waals surface area contributed by atoms with Crippen LogP contribution >= 0.6 is 0 Å². The van der Waals surface area contributed by atoms with Crippen LogP contribution in [0.15, 0.2) is 48.5 Å². The van der Waals surface area contributed by atoms with Crippen LogP contribution in [0.2, 0.25) is 0 Å². The summed E-state index contributed by atoms with van der Waals surface area (Å²) in [6, 6.07) is 15.6. The van der Waals surface area contributed by atoms with Crippen LogP contribution in [0, 0.1) is 0 Å². The van der Waals surface area contributed by atoms with Gasteiger partial charge in [0.05, 0.1) is 19.3 Å². The van der Waals surface area contributed by atoms with E-state index in [1.807, 2.05) is 48.5 Å². The fourth-order valence-corrected chi connectivity index (χ4v) is 3.32. The number of benzene rings is 2. The molecule has 1 aliphatic heterocycles. The molecule has 0 fully saturated rings. The number of carbonyl (C=O) groups is 1. The van der Waals surface area contributed by atoms with Crippen LogP contribution < -0.4 is 10.1 Å². The number of hydrogen-bond donors (Lipinski definition) is 2. The maximum Gasteiger partial charge on any atom is 0.221 e. The highest BCUT2D eigenvalue weighted by Crippen LogP contribution is 2.35. The second kappa shape index (κ2) is 8.17. The number of fused-ring (bicyclic) bond motifs is 1. The Balaban J connectivity index is 1.65. The number of aliphatic hydroxyl groups excluding tert-OH is 1. The molecule has 1 heterocycles. The van der Waals surface area contributed by atoms with E-state index in [0.717, 1.165) is 29.7 Å². The molecule has 4 nitrogen and oxygen atoms in total. The Labute approximate surface area is 148 Å². The average molecular weight is 339 g/mol. The van der Waals surface area contributed by atoms with Gasteiger partial charge in [-0.3, -0.25) is 4.79 Å². The Morgan fingerprint density at radius 2 is 2.00 bits per heavy atom. The van der Waals surface area contributed by atoms with Crippen molar-refractivity contribution < 1.29 is 14.6 Å². The number of carbonyl (C=O) groups excluding carboxylic acids is 1. The van der Waals surface area contributed by atoms with E-state index < -0.39 is 0 Å². The van der Waals surface area contributed by atoms with Gasteiger partial charge >= 0.3 is 0 Å². The molecule has 0 aromatic heterocycles. The van der Waals surface area contributed by atoms with Gasteiger partial charge in [-0.1, -0.05) is 49.4 Å². The first-order valence-electron chi connectivity index (χ1n) is 8.92. The smallest absolute Gasteiger partial charge is 0.221 e. The van der Waals surface area contributed by atoms with Gasteiger partial charge in [-0.05, 0) is 41.5 Å². The Bertz CT molecular complexity index is 711. The summed E-state index contributed by atoms with van der Waals surface area (Å²) in [7, 11) is 0. The Kier molecular flexibility index (Phi) is 5.71. The predicted octanol–water partition coefficient (Wildman–Crippen LogP) is 3.36. The van der Waals surface area contributed by atoms with Crippen LogP contribution in [0.4, 0.5) is 0 Å². The van der Waals surface area contributed by atoms with Crippen molar-refractivity contribution in [3.8, 4) is 5.75 Å². The van der Waals surface area contributed by atoms with Crippen molar-refractivity contribution in [1.82, 2.24) is 5.32 Å². The molecule has 2 N–H and O–H groups in total. The summed E-state index contributed by atoms with van der Waals surface area (Å²) in [6.45, 7) is 2.63.